The molecule has 1 aromatic rings. The Balaban J connectivity index is 0.00000400. The molecule has 0 saturated heterocycles. The van der Waals surface area contributed by atoms with Gasteiger partial charge in [0, 0.05) is 19.3 Å². The lowest BCUT2D eigenvalue weighted by Gasteiger charge is -2.07. The van der Waals surface area contributed by atoms with Gasteiger partial charge < -0.3 is 20.7 Å². The summed E-state index contributed by atoms with van der Waals surface area (Å²) in [6.07, 6.45) is 0. The second-order valence-corrected chi connectivity index (χ2v) is 4.00. The average Bonchev–Trinajstić information content (AvgIpc) is 2.44. The van der Waals surface area contributed by atoms with Crippen LogP contribution in [0, 0.1) is 5.82 Å². The second kappa shape index (κ2) is 11.0. The number of rotatable bonds is 8. The van der Waals surface area contributed by atoms with Crippen LogP contribution in [0.4, 0.5) is 10.1 Å². The van der Waals surface area contributed by atoms with Gasteiger partial charge in [-0.2, -0.15) is 0 Å². The summed E-state index contributed by atoms with van der Waals surface area (Å²) in [7, 11) is 1.57. The molecule has 0 aliphatic rings. The van der Waals surface area contributed by atoms with Gasteiger partial charge >= 0.3 is 0 Å². The first kappa shape index (κ1) is 19.3. The van der Waals surface area contributed by atoms with E-state index in [1.54, 1.807) is 7.11 Å². The predicted molar refractivity (Wildman–Crippen MR) is 80.0 cm³/mol. The standard InChI is InChI=1S/C13H18FN3O3.ClH/c1-20-7-6-15-8-12(18)16-9-13(19)17-11-4-2-10(14)3-5-11;/h2-5,15H,6-9H2,1H3,(H,16,18)(H,17,19);1H. The first-order chi connectivity index (χ1) is 9.61. The van der Waals surface area contributed by atoms with Gasteiger partial charge in [0.15, 0.2) is 0 Å². The zero-order chi connectivity index (χ0) is 14.8. The molecule has 2 amide bonds. The molecule has 0 spiro atoms. The number of carbonyl (C=O) groups is 2. The van der Waals surface area contributed by atoms with Crippen molar-refractivity contribution in [2.45, 2.75) is 0 Å². The van der Waals surface area contributed by atoms with E-state index in [1.165, 1.54) is 24.3 Å². The average molecular weight is 320 g/mol. The number of hydrogen-bond donors (Lipinski definition) is 3. The number of anilines is 1. The molecule has 0 atom stereocenters. The summed E-state index contributed by atoms with van der Waals surface area (Å²) in [4.78, 5) is 22.9. The maximum absolute atomic E-state index is 12.7. The quantitative estimate of drug-likeness (QED) is 0.611. The van der Waals surface area contributed by atoms with Crippen molar-refractivity contribution in [2.24, 2.45) is 0 Å². The molecule has 0 aromatic heterocycles. The van der Waals surface area contributed by atoms with E-state index in [0.717, 1.165) is 0 Å². The van der Waals surface area contributed by atoms with Crippen LogP contribution in [-0.2, 0) is 14.3 Å². The molecule has 1 rings (SSSR count). The fourth-order valence-corrected chi connectivity index (χ4v) is 1.36. The largest absolute Gasteiger partial charge is 0.383 e. The maximum atomic E-state index is 12.7. The van der Waals surface area contributed by atoms with Gasteiger partial charge in [-0.3, -0.25) is 9.59 Å². The van der Waals surface area contributed by atoms with Gasteiger partial charge in [-0.15, -0.1) is 12.4 Å². The summed E-state index contributed by atoms with van der Waals surface area (Å²) in [5.41, 5.74) is 0.476. The third-order valence-corrected chi connectivity index (χ3v) is 2.34. The lowest BCUT2D eigenvalue weighted by molar-refractivity contribution is -0.123. The van der Waals surface area contributed by atoms with Crippen molar-refractivity contribution in [1.82, 2.24) is 10.6 Å². The monoisotopic (exact) mass is 319 g/mol. The van der Waals surface area contributed by atoms with Gasteiger partial charge in [0.1, 0.15) is 5.82 Å². The molecule has 0 heterocycles. The van der Waals surface area contributed by atoms with E-state index in [1.807, 2.05) is 0 Å². The van der Waals surface area contributed by atoms with Crippen molar-refractivity contribution in [3.63, 3.8) is 0 Å². The van der Waals surface area contributed by atoms with E-state index in [2.05, 4.69) is 16.0 Å². The lowest BCUT2D eigenvalue weighted by atomic mass is 10.3. The van der Waals surface area contributed by atoms with E-state index in [0.29, 0.717) is 18.8 Å². The fraction of sp³-hybridized carbons (Fsp3) is 0.385. The van der Waals surface area contributed by atoms with Crippen LogP contribution in [0.1, 0.15) is 0 Å². The first-order valence-electron chi connectivity index (χ1n) is 6.13. The number of carbonyl (C=O) groups excluding carboxylic acids is 2. The highest BCUT2D eigenvalue weighted by atomic mass is 35.5. The van der Waals surface area contributed by atoms with E-state index < -0.39 is 0 Å². The van der Waals surface area contributed by atoms with Crippen molar-refractivity contribution in [1.29, 1.82) is 0 Å². The molecule has 0 unspecified atom stereocenters. The van der Waals surface area contributed by atoms with Gasteiger partial charge in [-0.05, 0) is 24.3 Å². The summed E-state index contributed by atoms with van der Waals surface area (Å²) in [6.45, 7) is 1.05. The molecule has 0 fully saturated rings. The smallest absolute Gasteiger partial charge is 0.243 e. The van der Waals surface area contributed by atoms with Gasteiger partial charge in [-0.1, -0.05) is 0 Å². The van der Waals surface area contributed by atoms with Crippen molar-refractivity contribution in [3.05, 3.63) is 30.1 Å². The summed E-state index contributed by atoms with van der Waals surface area (Å²) < 4.78 is 17.5. The van der Waals surface area contributed by atoms with E-state index in [9.17, 15) is 14.0 Å². The highest BCUT2D eigenvalue weighted by molar-refractivity contribution is 5.94. The van der Waals surface area contributed by atoms with Gasteiger partial charge in [0.05, 0.1) is 19.7 Å². The van der Waals surface area contributed by atoms with E-state index in [-0.39, 0.29) is 43.1 Å². The Kier molecular flexibility index (Phi) is 10.1. The van der Waals surface area contributed by atoms with Crippen LogP contribution in [0.15, 0.2) is 24.3 Å². The zero-order valence-corrected chi connectivity index (χ0v) is 12.5. The molecule has 118 valence electrons. The number of ether oxygens (including phenoxy) is 1. The minimum absolute atomic E-state index is 0. The van der Waals surface area contributed by atoms with Crippen LogP contribution >= 0.6 is 12.4 Å². The van der Waals surface area contributed by atoms with E-state index in [4.69, 9.17) is 4.74 Å². The molecule has 1 aromatic carbocycles. The summed E-state index contributed by atoms with van der Waals surface area (Å²) in [5.74, 6) is -1.03. The van der Waals surface area contributed by atoms with Crippen LogP contribution < -0.4 is 16.0 Å². The topological polar surface area (TPSA) is 79.5 Å². The summed E-state index contributed by atoms with van der Waals surface area (Å²) in [6, 6.07) is 5.38. The number of hydrogen-bond acceptors (Lipinski definition) is 4. The van der Waals surface area contributed by atoms with Crippen LogP contribution in [0.2, 0.25) is 0 Å². The Hall–Kier alpha value is -1.70. The van der Waals surface area contributed by atoms with Gasteiger partial charge in [0.2, 0.25) is 11.8 Å². The van der Waals surface area contributed by atoms with Crippen molar-refractivity contribution < 1.29 is 18.7 Å². The highest BCUT2D eigenvalue weighted by Crippen LogP contribution is 2.07. The lowest BCUT2D eigenvalue weighted by Crippen LogP contribution is -2.39. The number of benzene rings is 1. The Morgan fingerprint density at radius 1 is 1.14 bits per heavy atom. The Labute approximate surface area is 128 Å². The minimum Gasteiger partial charge on any atom is -0.383 e. The number of halogens is 2. The van der Waals surface area contributed by atoms with Crippen molar-refractivity contribution >= 4 is 29.9 Å². The van der Waals surface area contributed by atoms with Crippen molar-refractivity contribution in [3.8, 4) is 0 Å². The third-order valence-electron chi connectivity index (χ3n) is 2.34. The molecule has 6 nitrogen and oxygen atoms in total. The highest BCUT2D eigenvalue weighted by Gasteiger charge is 2.05. The van der Waals surface area contributed by atoms with E-state index >= 15 is 0 Å². The molecular formula is C13H19ClFN3O3. The molecule has 0 radical (unpaired) electrons. The second-order valence-electron chi connectivity index (χ2n) is 4.00. The molecule has 0 aliphatic carbocycles. The van der Waals surface area contributed by atoms with Crippen LogP contribution in [-0.4, -0.2) is 45.2 Å². The zero-order valence-electron chi connectivity index (χ0n) is 11.6. The molecule has 8 heteroatoms. The Morgan fingerprint density at radius 3 is 2.43 bits per heavy atom. The van der Waals surface area contributed by atoms with Crippen molar-refractivity contribution in [2.75, 3.05) is 38.7 Å². The Morgan fingerprint density at radius 2 is 1.81 bits per heavy atom. The normalized spacial score (nSPS) is 9.62. The molecular weight excluding hydrogens is 301 g/mol. The summed E-state index contributed by atoms with van der Waals surface area (Å²) in [5, 5.41) is 7.86. The van der Waals surface area contributed by atoms with Gasteiger partial charge in [0.25, 0.3) is 0 Å². The predicted octanol–water partition coefficient (Wildman–Crippen LogP) is 0.538. The van der Waals surface area contributed by atoms with Gasteiger partial charge in [-0.25, -0.2) is 4.39 Å². The fourth-order valence-electron chi connectivity index (χ4n) is 1.36. The molecule has 0 bridgehead atoms. The maximum Gasteiger partial charge on any atom is 0.243 e. The van der Waals surface area contributed by atoms with Crippen LogP contribution in [0.25, 0.3) is 0 Å². The Bertz CT molecular complexity index is 443. The summed E-state index contributed by atoms with van der Waals surface area (Å²) >= 11 is 0. The van der Waals surface area contributed by atoms with Crippen LogP contribution in [0.3, 0.4) is 0 Å². The number of amides is 2. The SMILES string of the molecule is COCCNCC(=O)NCC(=O)Nc1ccc(F)cc1.Cl. The molecule has 3 N–H and O–H groups in total. The minimum atomic E-state index is -0.376. The number of methoxy groups -OCH3 is 1. The molecule has 0 aliphatic heterocycles. The van der Waals surface area contributed by atoms with Crippen LogP contribution in [0.5, 0.6) is 0 Å². The number of nitrogens with one attached hydrogen (secondary N) is 3. The molecule has 0 saturated carbocycles. The molecule has 21 heavy (non-hydrogen) atoms. The first-order valence-corrected chi connectivity index (χ1v) is 6.13. The third kappa shape index (κ3) is 8.96.